The summed E-state index contributed by atoms with van der Waals surface area (Å²) in [4.78, 5) is 0. The lowest BCUT2D eigenvalue weighted by Gasteiger charge is -2.26. The molecule has 0 fully saturated rings. The van der Waals surface area contributed by atoms with Crippen LogP contribution in [0.2, 0.25) is 0 Å². The molecule has 1 atom stereocenters. The fourth-order valence-electron chi connectivity index (χ4n) is 3.59. The average molecular weight is 581 g/mol. The maximum absolute atomic E-state index is 9.84. The highest BCUT2D eigenvalue weighted by Gasteiger charge is 2.26. The fraction of sp³-hybridized carbons (Fsp3) is 0.636. The van der Waals surface area contributed by atoms with Gasteiger partial charge in [-0.3, -0.25) is 0 Å². The van der Waals surface area contributed by atoms with Gasteiger partial charge in [-0.05, 0) is 50.5 Å². The van der Waals surface area contributed by atoms with Gasteiger partial charge >= 0.3 is 0 Å². The molecule has 0 aliphatic heterocycles. The van der Waals surface area contributed by atoms with E-state index < -0.39 is 31.8 Å². The van der Waals surface area contributed by atoms with E-state index in [0.717, 1.165) is 11.3 Å². The molecule has 230 valence electrons. The maximum atomic E-state index is 9.84. The molecule has 0 aliphatic rings. The molecular weight excluding hydrogens is 523 g/mol. The van der Waals surface area contributed by atoms with E-state index in [4.69, 9.17) is 24.9 Å². The van der Waals surface area contributed by atoms with Crippen molar-refractivity contribution in [3.8, 4) is 11.5 Å². The SMILES string of the molecule is CC(C)(C)c1ccc(O)c(C(C)(C)C)c1.CC(C)(C)c1ccc(OP)c(C(C)(C)C)c1.OCC(CO)(CO)CO. The van der Waals surface area contributed by atoms with Crippen molar-refractivity contribution in [2.24, 2.45) is 5.41 Å². The second-order valence-corrected chi connectivity index (χ2v) is 14.9. The van der Waals surface area contributed by atoms with Gasteiger partial charge in [-0.15, -0.1) is 0 Å². The number of phenolic OH excluding ortho intramolecular Hbond substituents is 1. The Kier molecular flexibility index (Phi) is 14.3. The molecule has 40 heavy (non-hydrogen) atoms. The lowest BCUT2D eigenvalue weighted by molar-refractivity contribution is -0.0328. The Morgan fingerprint density at radius 3 is 1.18 bits per heavy atom. The highest BCUT2D eigenvalue weighted by molar-refractivity contribution is 7.10. The van der Waals surface area contributed by atoms with Crippen LogP contribution in [0.15, 0.2) is 36.4 Å². The van der Waals surface area contributed by atoms with Crippen LogP contribution in [0.1, 0.15) is 105 Å². The molecule has 0 amide bonds. The topological polar surface area (TPSA) is 110 Å². The molecule has 0 heterocycles. The molecule has 0 aliphatic carbocycles. The molecule has 2 aromatic carbocycles. The minimum atomic E-state index is -1.11. The molecular formula is C33H57O6P. The molecule has 0 radical (unpaired) electrons. The minimum absolute atomic E-state index is 0.00859. The Bertz CT molecular complexity index is 1020. The van der Waals surface area contributed by atoms with Crippen LogP contribution >= 0.6 is 9.47 Å². The molecule has 1 unspecified atom stereocenters. The molecule has 7 heteroatoms. The van der Waals surface area contributed by atoms with Crippen molar-refractivity contribution in [3.63, 3.8) is 0 Å². The molecule has 2 rings (SSSR count). The summed E-state index contributed by atoms with van der Waals surface area (Å²) >= 11 is 0. The third-order valence-corrected chi connectivity index (χ3v) is 7.05. The summed E-state index contributed by atoms with van der Waals surface area (Å²) in [7, 11) is 2.33. The molecule has 2 aromatic rings. The van der Waals surface area contributed by atoms with Crippen LogP contribution in [0, 0.1) is 5.41 Å². The summed E-state index contributed by atoms with van der Waals surface area (Å²) in [5.74, 6) is 1.35. The Labute approximate surface area is 246 Å². The van der Waals surface area contributed by atoms with Gasteiger partial charge in [0, 0.05) is 5.56 Å². The number of rotatable bonds is 5. The average Bonchev–Trinajstić information content (AvgIpc) is 2.84. The number of aromatic hydroxyl groups is 1. The van der Waals surface area contributed by atoms with Crippen molar-refractivity contribution in [2.45, 2.75) is 105 Å². The largest absolute Gasteiger partial charge is 0.508 e. The van der Waals surface area contributed by atoms with Crippen molar-refractivity contribution < 1.29 is 30.1 Å². The minimum Gasteiger partial charge on any atom is -0.508 e. The van der Waals surface area contributed by atoms with Gasteiger partial charge < -0.3 is 30.1 Å². The van der Waals surface area contributed by atoms with Gasteiger partial charge in [0.1, 0.15) is 11.5 Å². The lowest BCUT2D eigenvalue weighted by atomic mass is 9.80. The van der Waals surface area contributed by atoms with Gasteiger partial charge in [0.25, 0.3) is 0 Å². The van der Waals surface area contributed by atoms with Crippen LogP contribution in [-0.4, -0.2) is 52.0 Å². The van der Waals surface area contributed by atoms with Crippen LogP contribution in [0.4, 0.5) is 0 Å². The maximum Gasteiger partial charge on any atom is 0.126 e. The third kappa shape index (κ3) is 11.7. The van der Waals surface area contributed by atoms with Gasteiger partial charge in [0.05, 0.1) is 41.3 Å². The zero-order valence-corrected chi connectivity index (χ0v) is 28.2. The fourth-order valence-corrected chi connectivity index (χ4v) is 3.79. The highest BCUT2D eigenvalue weighted by atomic mass is 31.0. The molecule has 0 bridgehead atoms. The summed E-state index contributed by atoms with van der Waals surface area (Å²) in [5.41, 5.74) is 4.20. The highest BCUT2D eigenvalue weighted by Crippen LogP contribution is 2.36. The molecule has 0 spiro atoms. The molecule has 0 aromatic heterocycles. The number of hydrogen-bond acceptors (Lipinski definition) is 6. The molecule has 0 saturated heterocycles. The van der Waals surface area contributed by atoms with Crippen LogP contribution in [0.3, 0.4) is 0 Å². The van der Waals surface area contributed by atoms with Gasteiger partial charge in [0.2, 0.25) is 0 Å². The standard InChI is InChI=1S/C14H23OP.C14H22O.C5H12O4/c1-13(2,3)10-7-8-12(15-16)11(9-10)14(4,5)6;1-13(2,3)10-7-8-12(15)11(9-10)14(4,5)6;6-1-5(2-7,3-8)4-9/h7-9H,16H2,1-6H3;7-9,15H,1-6H3;6-9H,1-4H2. The summed E-state index contributed by atoms with van der Waals surface area (Å²) in [6.45, 7) is 24.6. The van der Waals surface area contributed by atoms with Crippen LogP contribution in [0.25, 0.3) is 0 Å². The quantitative estimate of drug-likeness (QED) is 0.263. The van der Waals surface area contributed by atoms with Crippen molar-refractivity contribution >= 4 is 9.47 Å². The van der Waals surface area contributed by atoms with Gasteiger partial charge in [-0.25, -0.2) is 0 Å². The van der Waals surface area contributed by atoms with Crippen LogP contribution in [-0.2, 0) is 21.7 Å². The molecule has 6 nitrogen and oxygen atoms in total. The summed E-state index contributed by atoms with van der Waals surface area (Å²) < 4.78 is 5.36. The number of aliphatic hydroxyl groups excluding tert-OH is 4. The first-order valence-corrected chi connectivity index (χ1v) is 14.3. The molecule has 5 N–H and O–H groups in total. The van der Waals surface area contributed by atoms with E-state index >= 15 is 0 Å². The second kappa shape index (κ2) is 15.0. The number of benzene rings is 2. The first-order chi connectivity index (χ1) is 18.0. The van der Waals surface area contributed by atoms with Crippen LogP contribution in [0.5, 0.6) is 11.5 Å². The van der Waals surface area contributed by atoms with Crippen molar-refractivity contribution in [2.75, 3.05) is 26.4 Å². The smallest absolute Gasteiger partial charge is 0.126 e. The monoisotopic (exact) mass is 580 g/mol. The molecule has 0 saturated carbocycles. The van der Waals surface area contributed by atoms with Crippen molar-refractivity contribution in [3.05, 3.63) is 58.7 Å². The predicted molar refractivity (Wildman–Crippen MR) is 170 cm³/mol. The van der Waals surface area contributed by atoms with Crippen LogP contribution < -0.4 is 4.52 Å². The number of aliphatic hydroxyl groups is 4. The third-order valence-electron chi connectivity index (χ3n) is 6.79. The first kappa shape index (κ1) is 38.3. The van der Waals surface area contributed by atoms with E-state index in [2.05, 4.69) is 117 Å². The van der Waals surface area contributed by atoms with Gasteiger partial charge in [-0.1, -0.05) is 107 Å². The zero-order chi connectivity index (χ0) is 31.7. The van der Waals surface area contributed by atoms with E-state index in [-0.39, 0.29) is 21.7 Å². The van der Waals surface area contributed by atoms with Crippen molar-refractivity contribution in [1.29, 1.82) is 0 Å². The Hall–Kier alpha value is -1.69. The van der Waals surface area contributed by atoms with E-state index in [1.54, 1.807) is 6.07 Å². The van der Waals surface area contributed by atoms with E-state index in [9.17, 15) is 5.11 Å². The Balaban J connectivity index is 0.000000595. The Morgan fingerprint density at radius 1 is 0.550 bits per heavy atom. The van der Waals surface area contributed by atoms with E-state index in [0.29, 0.717) is 5.75 Å². The predicted octanol–water partition coefficient (Wildman–Crippen LogP) is 6.38. The second-order valence-electron chi connectivity index (χ2n) is 14.7. The Morgan fingerprint density at radius 2 is 0.900 bits per heavy atom. The first-order valence-electron chi connectivity index (χ1n) is 13.8. The number of phenols is 1. The van der Waals surface area contributed by atoms with E-state index in [1.165, 1.54) is 16.7 Å². The summed E-state index contributed by atoms with van der Waals surface area (Å²) in [5, 5.41) is 43.8. The normalized spacial score (nSPS) is 12.6. The van der Waals surface area contributed by atoms with Gasteiger partial charge in [0.15, 0.2) is 0 Å². The van der Waals surface area contributed by atoms with Crippen molar-refractivity contribution in [1.82, 2.24) is 0 Å². The lowest BCUT2D eigenvalue weighted by Crippen LogP contribution is -2.37. The summed E-state index contributed by atoms with van der Waals surface area (Å²) in [6, 6.07) is 12.4. The summed E-state index contributed by atoms with van der Waals surface area (Å²) in [6.07, 6.45) is 0. The van der Waals surface area contributed by atoms with E-state index in [1.807, 2.05) is 6.07 Å². The van der Waals surface area contributed by atoms with Gasteiger partial charge in [-0.2, -0.15) is 0 Å². The number of hydrogen-bond donors (Lipinski definition) is 5. The zero-order valence-electron chi connectivity index (χ0n) is 27.0.